The molecule has 0 N–H and O–H groups in total. The van der Waals surface area contributed by atoms with E-state index in [1.807, 2.05) is 48.5 Å². The monoisotopic (exact) mass is 264 g/mol. The second-order valence-corrected chi connectivity index (χ2v) is 4.73. The quantitative estimate of drug-likeness (QED) is 0.673. The zero-order valence-corrected chi connectivity index (χ0v) is 11.4. The van der Waals surface area contributed by atoms with E-state index in [0.29, 0.717) is 6.61 Å². The molecule has 0 unspecified atom stereocenters. The maximum atomic E-state index is 5.81. The summed E-state index contributed by atoms with van der Waals surface area (Å²) in [6.45, 7) is 2.65. The Morgan fingerprint density at radius 3 is 2.50 bits per heavy atom. The Kier molecular flexibility index (Phi) is 3.55. The molecule has 2 aromatic carbocycles. The van der Waals surface area contributed by atoms with Crippen LogP contribution >= 0.6 is 0 Å². The van der Waals surface area contributed by atoms with Crippen molar-refractivity contribution >= 4 is 0 Å². The molecule has 3 aromatic rings. The van der Waals surface area contributed by atoms with Gasteiger partial charge in [0.25, 0.3) is 0 Å². The summed E-state index contributed by atoms with van der Waals surface area (Å²) < 4.78 is 11.2. The van der Waals surface area contributed by atoms with Crippen LogP contribution in [0, 0.1) is 6.92 Å². The van der Waals surface area contributed by atoms with Gasteiger partial charge in [-0.25, -0.2) is 0 Å². The van der Waals surface area contributed by atoms with Gasteiger partial charge in [-0.15, -0.1) is 0 Å². The van der Waals surface area contributed by atoms with Crippen molar-refractivity contribution in [3.8, 4) is 17.1 Å². The van der Waals surface area contributed by atoms with E-state index in [1.165, 1.54) is 5.56 Å². The summed E-state index contributed by atoms with van der Waals surface area (Å²) in [4.78, 5) is 0. The van der Waals surface area contributed by atoms with Gasteiger partial charge in [-0.2, -0.15) is 0 Å². The van der Waals surface area contributed by atoms with Gasteiger partial charge in [-0.3, -0.25) is 0 Å². The average Bonchev–Trinajstić information content (AvgIpc) is 3.00. The van der Waals surface area contributed by atoms with Crippen LogP contribution in [0.3, 0.4) is 0 Å². The van der Waals surface area contributed by atoms with Crippen molar-refractivity contribution in [3.63, 3.8) is 0 Å². The van der Waals surface area contributed by atoms with E-state index in [2.05, 4.69) is 19.1 Å². The third-order valence-electron chi connectivity index (χ3n) is 3.23. The van der Waals surface area contributed by atoms with Crippen LogP contribution in [0.1, 0.15) is 11.1 Å². The highest BCUT2D eigenvalue weighted by molar-refractivity contribution is 5.63. The number of hydrogen-bond donors (Lipinski definition) is 0. The summed E-state index contributed by atoms with van der Waals surface area (Å²) in [5, 5.41) is 0. The first-order chi connectivity index (χ1) is 9.83. The van der Waals surface area contributed by atoms with Crippen LogP contribution in [-0.4, -0.2) is 0 Å². The van der Waals surface area contributed by atoms with Crippen LogP contribution in [0.15, 0.2) is 71.3 Å². The van der Waals surface area contributed by atoms with E-state index in [0.717, 1.165) is 22.6 Å². The highest BCUT2D eigenvalue weighted by Crippen LogP contribution is 2.27. The lowest BCUT2D eigenvalue weighted by molar-refractivity contribution is 0.306. The summed E-state index contributed by atoms with van der Waals surface area (Å²) >= 11 is 0. The maximum absolute atomic E-state index is 5.81. The van der Waals surface area contributed by atoms with Crippen molar-refractivity contribution in [2.45, 2.75) is 13.5 Å². The first-order valence-corrected chi connectivity index (χ1v) is 6.64. The third kappa shape index (κ3) is 2.75. The predicted molar refractivity (Wildman–Crippen MR) is 79.7 cm³/mol. The van der Waals surface area contributed by atoms with Crippen LogP contribution in [-0.2, 0) is 6.61 Å². The lowest BCUT2D eigenvalue weighted by atomic mass is 10.1. The molecule has 0 aliphatic rings. The molecular weight excluding hydrogens is 248 g/mol. The van der Waals surface area contributed by atoms with E-state index in [4.69, 9.17) is 9.15 Å². The van der Waals surface area contributed by atoms with Gasteiger partial charge in [-0.1, -0.05) is 30.3 Å². The fourth-order valence-corrected chi connectivity index (χ4v) is 2.18. The number of hydrogen-bond acceptors (Lipinski definition) is 2. The van der Waals surface area contributed by atoms with Gasteiger partial charge in [0.1, 0.15) is 18.1 Å². The molecule has 0 spiro atoms. The van der Waals surface area contributed by atoms with Crippen LogP contribution in [0.5, 0.6) is 5.75 Å². The molecule has 100 valence electrons. The Bertz CT molecular complexity index is 670. The molecule has 0 fully saturated rings. The van der Waals surface area contributed by atoms with Crippen molar-refractivity contribution in [2.24, 2.45) is 0 Å². The van der Waals surface area contributed by atoms with Crippen molar-refractivity contribution in [1.82, 2.24) is 0 Å². The minimum Gasteiger partial charge on any atom is -0.489 e. The Hall–Kier alpha value is -2.48. The number of aryl methyl sites for hydroxylation is 1. The largest absolute Gasteiger partial charge is 0.489 e. The summed E-state index contributed by atoms with van der Waals surface area (Å²) in [6.07, 6.45) is 1.69. The van der Waals surface area contributed by atoms with Crippen LogP contribution in [0.4, 0.5) is 0 Å². The van der Waals surface area contributed by atoms with E-state index >= 15 is 0 Å². The third-order valence-corrected chi connectivity index (χ3v) is 3.23. The Morgan fingerprint density at radius 1 is 0.950 bits per heavy atom. The fourth-order valence-electron chi connectivity index (χ4n) is 2.18. The number of rotatable bonds is 4. The molecule has 0 saturated carbocycles. The highest BCUT2D eigenvalue weighted by Gasteiger charge is 2.06. The minimum absolute atomic E-state index is 0.584. The van der Waals surface area contributed by atoms with Crippen molar-refractivity contribution in [2.75, 3.05) is 0 Å². The zero-order valence-electron chi connectivity index (χ0n) is 11.4. The fraction of sp³-hybridized carbons (Fsp3) is 0.111. The van der Waals surface area contributed by atoms with E-state index in [-0.39, 0.29) is 0 Å². The van der Waals surface area contributed by atoms with Crippen LogP contribution in [0.25, 0.3) is 11.3 Å². The molecule has 0 aliphatic heterocycles. The summed E-state index contributed by atoms with van der Waals surface area (Å²) in [6, 6.07) is 20.1. The highest BCUT2D eigenvalue weighted by atomic mass is 16.5. The Morgan fingerprint density at radius 2 is 1.80 bits per heavy atom. The van der Waals surface area contributed by atoms with Crippen molar-refractivity contribution in [3.05, 3.63) is 78.1 Å². The maximum Gasteiger partial charge on any atom is 0.134 e. The molecule has 1 heterocycles. The Labute approximate surface area is 118 Å². The zero-order chi connectivity index (χ0) is 13.8. The van der Waals surface area contributed by atoms with Gasteiger partial charge in [0, 0.05) is 5.56 Å². The first kappa shape index (κ1) is 12.5. The molecular formula is C18H16O2. The molecule has 2 heteroatoms. The van der Waals surface area contributed by atoms with Gasteiger partial charge in [0.15, 0.2) is 0 Å². The predicted octanol–water partition coefficient (Wildman–Crippen LogP) is 4.83. The van der Waals surface area contributed by atoms with E-state index in [9.17, 15) is 0 Å². The lowest BCUT2D eigenvalue weighted by Crippen LogP contribution is -1.95. The Balaban J connectivity index is 1.74. The van der Waals surface area contributed by atoms with Gasteiger partial charge in [-0.05, 0) is 48.4 Å². The van der Waals surface area contributed by atoms with E-state index < -0.39 is 0 Å². The summed E-state index contributed by atoms with van der Waals surface area (Å²) in [5.41, 5.74) is 3.41. The van der Waals surface area contributed by atoms with Crippen molar-refractivity contribution in [1.29, 1.82) is 0 Å². The number of furan rings is 1. The molecule has 2 nitrogen and oxygen atoms in total. The van der Waals surface area contributed by atoms with Crippen molar-refractivity contribution < 1.29 is 9.15 Å². The first-order valence-electron chi connectivity index (χ1n) is 6.64. The smallest absolute Gasteiger partial charge is 0.134 e. The second-order valence-electron chi connectivity index (χ2n) is 4.73. The van der Waals surface area contributed by atoms with Gasteiger partial charge < -0.3 is 9.15 Å². The standard InChI is InChI=1S/C18H16O2/c1-14-12-16(20-13-15-6-3-2-4-7-15)9-10-17(14)18-8-5-11-19-18/h2-12H,13H2,1H3. The molecule has 0 amide bonds. The molecule has 0 aliphatic carbocycles. The topological polar surface area (TPSA) is 22.4 Å². The number of benzene rings is 2. The van der Waals surface area contributed by atoms with Crippen LogP contribution < -0.4 is 4.74 Å². The van der Waals surface area contributed by atoms with Gasteiger partial charge in [0.05, 0.1) is 6.26 Å². The minimum atomic E-state index is 0.584. The van der Waals surface area contributed by atoms with Crippen LogP contribution in [0.2, 0.25) is 0 Å². The molecule has 0 saturated heterocycles. The molecule has 0 bridgehead atoms. The second kappa shape index (κ2) is 5.66. The lowest BCUT2D eigenvalue weighted by Gasteiger charge is -2.09. The summed E-state index contributed by atoms with van der Waals surface area (Å²) in [5.74, 6) is 1.76. The van der Waals surface area contributed by atoms with Gasteiger partial charge in [0.2, 0.25) is 0 Å². The molecule has 1 aromatic heterocycles. The molecule has 0 radical (unpaired) electrons. The van der Waals surface area contributed by atoms with Gasteiger partial charge >= 0.3 is 0 Å². The normalized spacial score (nSPS) is 10.4. The number of ether oxygens (including phenoxy) is 1. The molecule has 20 heavy (non-hydrogen) atoms. The average molecular weight is 264 g/mol. The molecule has 3 rings (SSSR count). The SMILES string of the molecule is Cc1cc(OCc2ccccc2)ccc1-c1ccco1. The summed E-state index contributed by atoms with van der Waals surface area (Å²) in [7, 11) is 0. The van der Waals surface area contributed by atoms with E-state index in [1.54, 1.807) is 6.26 Å². The molecule has 0 atom stereocenters.